The second kappa shape index (κ2) is 7.15. The maximum Gasteiger partial charge on any atom is 0.215 e. The Morgan fingerprint density at radius 2 is 2.05 bits per heavy atom. The molecule has 1 aliphatic heterocycles. The van der Waals surface area contributed by atoms with Crippen LogP contribution in [0, 0.1) is 11.7 Å². The van der Waals surface area contributed by atoms with E-state index in [0.29, 0.717) is 18.0 Å². The minimum Gasteiger partial charge on any atom is -0.381 e. The molecule has 1 aromatic carbocycles. The van der Waals surface area contributed by atoms with Crippen LogP contribution in [0.4, 0.5) is 4.39 Å². The van der Waals surface area contributed by atoms with Gasteiger partial charge in [-0.05, 0) is 42.9 Å². The number of ether oxygens (including phenoxy) is 1. The Kier molecular flexibility index (Phi) is 5.51. The van der Waals surface area contributed by atoms with Gasteiger partial charge in [-0.2, -0.15) is 0 Å². The van der Waals surface area contributed by atoms with Gasteiger partial charge < -0.3 is 4.74 Å². The fourth-order valence-corrected chi connectivity index (χ4v) is 3.47. The van der Waals surface area contributed by atoms with Gasteiger partial charge in [-0.1, -0.05) is 12.1 Å². The average molecular weight is 301 g/mol. The summed E-state index contributed by atoms with van der Waals surface area (Å²) >= 11 is 0. The highest BCUT2D eigenvalue weighted by molar-refractivity contribution is 7.88. The summed E-state index contributed by atoms with van der Waals surface area (Å²) in [7, 11) is -3.36. The first-order valence-corrected chi connectivity index (χ1v) is 8.50. The molecule has 1 aliphatic rings. The van der Waals surface area contributed by atoms with E-state index in [1.54, 1.807) is 0 Å². The van der Waals surface area contributed by atoms with Crippen molar-refractivity contribution in [3.8, 4) is 0 Å². The number of sulfonamides is 1. The predicted octanol–water partition coefficient (Wildman–Crippen LogP) is 2.06. The zero-order chi connectivity index (χ0) is 14.4. The van der Waals surface area contributed by atoms with E-state index in [9.17, 15) is 12.8 Å². The number of halogens is 1. The number of nitrogens with one attached hydrogen (secondary N) is 1. The molecule has 4 nitrogen and oxygen atoms in total. The van der Waals surface area contributed by atoms with Gasteiger partial charge in [0.25, 0.3) is 0 Å². The molecular weight excluding hydrogens is 281 g/mol. The molecule has 112 valence electrons. The zero-order valence-electron chi connectivity index (χ0n) is 11.3. The standard InChI is InChI=1S/C14H20FNO3S/c15-14-5-3-13(4-6-14)11-20(17,18)16-8-7-12-2-1-9-19-10-12/h3-6,12,16H,1-2,7-11H2/t12-/m0/s1. The second-order valence-corrected chi connectivity index (χ2v) is 6.96. The molecule has 2 rings (SSSR count). The molecule has 0 saturated carbocycles. The molecule has 20 heavy (non-hydrogen) atoms. The van der Waals surface area contributed by atoms with Crippen LogP contribution in [-0.4, -0.2) is 28.2 Å². The van der Waals surface area contributed by atoms with E-state index < -0.39 is 10.0 Å². The number of rotatable bonds is 6. The lowest BCUT2D eigenvalue weighted by Crippen LogP contribution is -2.29. The van der Waals surface area contributed by atoms with E-state index in [1.165, 1.54) is 24.3 Å². The average Bonchev–Trinajstić information content (AvgIpc) is 2.42. The van der Waals surface area contributed by atoms with Crippen LogP contribution in [0.25, 0.3) is 0 Å². The van der Waals surface area contributed by atoms with Crippen LogP contribution in [0.15, 0.2) is 24.3 Å². The van der Waals surface area contributed by atoms with E-state index in [1.807, 2.05) is 0 Å². The third-order valence-electron chi connectivity index (χ3n) is 3.40. The Hall–Kier alpha value is -0.980. The zero-order valence-corrected chi connectivity index (χ0v) is 12.2. The highest BCUT2D eigenvalue weighted by Crippen LogP contribution is 2.16. The molecule has 0 amide bonds. The molecule has 0 aromatic heterocycles. The van der Waals surface area contributed by atoms with Crippen LogP contribution in [0.3, 0.4) is 0 Å². The number of hydrogen-bond donors (Lipinski definition) is 1. The molecule has 1 aromatic rings. The van der Waals surface area contributed by atoms with Crippen molar-refractivity contribution in [2.24, 2.45) is 5.92 Å². The van der Waals surface area contributed by atoms with Gasteiger partial charge in [-0.25, -0.2) is 17.5 Å². The summed E-state index contributed by atoms with van der Waals surface area (Å²) < 4.78 is 44.5. The minimum absolute atomic E-state index is 0.117. The number of hydrogen-bond acceptors (Lipinski definition) is 3. The maximum absolute atomic E-state index is 12.8. The lowest BCUT2D eigenvalue weighted by Gasteiger charge is -2.21. The molecule has 6 heteroatoms. The SMILES string of the molecule is O=S(=O)(Cc1ccc(F)cc1)NCC[C@@H]1CCCOC1. The Morgan fingerprint density at radius 3 is 2.70 bits per heavy atom. The van der Waals surface area contributed by atoms with Gasteiger partial charge >= 0.3 is 0 Å². The van der Waals surface area contributed by atoms with Gasteiger partial charge in [0.05, 0.1) is 5.75 Å². The quantitative estimate of drug-likeness (QED) is 0.875. The van der Waals surface area contributed by atoms with Gasteiger partial charge in [0.15, 0.2) is 0 Å². The largest absolute Gasteiger partial charge is 0.381 e. The lowest BCUT2D eigenvalue weighted by atomic mass is 9.99. The van der Waals surface area contributed by atoms with Gasteiger partial charge in [-0.15, -0.1) is 0 Å². The summed E-state index contributed by atoms with van der Waals surface area (Å²) in [6.45, 7) is 1.96. The first-order chi connectivity index (χ1) is 9.55. The smallest absolute Gasteiger partial charge is 0.215 e. The summed E-state index contributed by atoms with van der Waals surface area (Å²) in [4.78, 5) is 0. The van der Waals surface area contributed by atoms with Crippen molar-refractivity contribution in [2.45, 2.75) is 25.0 Å². The molecule has 0 spiro atoms. The van der Waals surface area contributed by atoms with Crippen LogP contribution in [-0.2, 0) is 20.5 Å². The van der Waals surface area contributed by atoms with Crippen molar-refractivity contribution in [1.29, 1.82) is 0 Å². The normalized spacial score (nSPS) is 19.9. The van der Waals surface area contributed by atoms with Crippen LogP contribution in [0.5, 0.6) is 0 Å². The summed E-state index contributed by atoms with van der Waals surface area (Å²) in [6.07, 6.45) is 2.94. The predicted molar refractivity (Wildman–Crippen MR) is 75.2 cm³/mol. The Labute approximate surface area is 119 Å². The van der Waals surface area contributed by atoms with Gasteiger partial charge in [0, 0.05) is 19.8 Å². The Morgan fingerprint density at radius 1 is 1.30 bits per heavy atom. The van der Waals surface area contributed by atoms with Crippen molar-refractivity contribution in [1.82, 2.24) is 4.72 Å². The van der Waals surface area contributed by atoms with Crippen LogP contribution >= 0.6 is 0 Å². The molecule has 0 aliphatic carbocycles. The minimum atomic E-state index is -3.36. The highest BCUT2D eigenvalue weighted by atomic mass is 32.2. The topological polar surface area (TPSA) is 55.4 Å². The summed E-state index contributed by atoms with van der Waals surface area (Å²) in [5.41, 5.74) is 0.583. The molecule has 1 saturated heterocycles. The van der Waals surface area contributed by atoms with Gasteiger partial charge in [-0.3, -0.25) is 0 Å². The van der Waals surface area contributed by atoms with Crippen LogP contribution in [0.1, 0.15) is 24.8 Å². The van der Waals surface area contributed by atoms with E-state index in [0.717, 1.165) is 32.5 Å². The lowest BCUT2D eigenvalue weighted by molar-refractivity contribution is 0.0523. The van der Waals surface area contributed by atoms with E-state index in [-0.39, 0.29) is 11.6 Å². The van der Waals surface area contributed by atoms with Crippen molar-refractivity contribution < 1.29 is 17.5 Å². The fourth-order valence-electron chi connectivity index (χ4n) is 2.30. The second-order valence-electron chi connectivity index (χ2n) is 5.15. The molecule has 0 radical (unpaired) electrons. The summed E-state index contributed by atoms with van der Waals surface area (Å²) in [5, 5.41) is 0. The first-order valence-electron chi connectivity index (χ1n) is 6.85. The van der Waals surface area contributed by atoms with Crippen LogP contribution < -0.4 is 4.72 Å². The Bertz CT molecular complexity index is 510. The summed E-state index contributed by atoms with van der Waals surface area (Å²) in [6, 6.07) is 5.52. The Balaban J connectivity index is 1.77. The van der Waals surface area contributed by atoms with Crippen molar-refractivity contribution in [2.75, 3.05) is 19.8 Å². The van der Waals surface area contributed by atoms with Crippen LogP contribution in [0.2, 0.25) is 0 Å². The monoisotopic (exact) mass is 301 g/mol. The van der Waals surface area contributed by atoms with Gasteiger partial charge in [0.1, 0.15) is 5.82 Å². The maximum atomic E-state index is 12.8. The molecule has 0 bridgehead atoms. The molecule has 1 atom stereocenters. The van der Waals surface area contributed by atoms with Crippen molar-refractivity contribution >= 4 is 10.0 Å². The van der Waals surface area contributed by atoms with Gasteiger partial charge in [0.2, 0.25) is 10.0 Å². The molecule has 1 fully saturated rings. The molecule has 1 N–H and O–H groups in total. The highest BCUT2D eigenvalue weighted by Gasteiger charge is 2.16. The third-order valence-corrected chi connectivity index (χ3v) is 4.76. The molecule has 1 heterocycles. The van der Waals surface area contributed by atoms with E-state index in [4.69, 9.17) is 4.74 Å². The number of benzene rings is 1. The van der Waals surface area contributed by atoms with Crippen molar-refractivity contribution in [3.05, 3.63) is 35.6 Å². The molecular formula is C14H20FNO3S. The first kappa shape index (κ1) is 15.4. The fraction of sp³-hybridized carbons (Fsp3) is 0.571. The molecule has 0 unspecified atom stereocenters. The third kappa shape index (κ3) is 5.19. The van der Waals surface area contributed by atoms with Crippen molar-refractivity contribution in [3.63, 3.8) is 0 Å². The van der Waals surface area contributed by atoms with E-state index in [2.05, 4.69) is 4.72 Å². The summed E-state index contributed by atoms with van der Waals surface area (Å²) in [5.74, 6) is -0.0391. The van der Waals surface area contributed by atoms with E-state index >= 15 is 0 Å².